The number of amides is 1. The van der Waals surface area contributed by atoms with Crippen LogP contribution in [0.2, 0.25) is 5.02 Å². The lowest BCUT2D eigenvalue weighted by Gasteiger charge is -2.10. The van der Waals surface area contributed by atoms with E-state index in [0.29, 0.717) is 16.3 Å². The van der Waals surface area contributed by atoms with E-state index in [1.165, 1.54) is 19.2 Å². The normalized spacial score (nSPS) is 11.0. The Kier molecular flexibility index (Phi) is 6.58. The molecule has 0 bridgehead atoms. The van der Waals surface area contributed by atoms with Gasteiger partial charge in [0, 0.05) is 27.8 Å². The van der Waals surface area contributed by atoms with Gasteiger partial charge in [0.25, 0.3) is 5.91 Å². The van der Waals surface area contributed by atoms with Crippen LogP contribution >= 0.6 is 11.6 Å². The molecule has 3 aromatic rings. The lowest BCUT2D eigenvalue weighted by molar-refractivity contribution is -0.112. The van der Waals surface area contributed by atoms with Crippen molar-refractivity contribution in [3.8, 4) is 11.8 Å². The Labute approximate surface area is 185 Å². The van der Waals surface area contributed by atoms with Gasteiger partial charge in [0.2, 0.25) is 0 Å². The summed E-state index contributed by atoms with van der Waals surface area (Å²) in [6.45, 7) is 3.86. The van der Waals surface area contributed by atoms with E-state index in [0.717, 1.165) is 22.6 Å². The maximum atomic E-state index is 12.6. The average Bonchev–Trinajstić information content (AvgIpc) is 3.04. The topological polar surface area (TPSA) is 84.1 Å². The van der Waals surface area contributed by atoms with Gasteiger partial charge in [-0.1, -0.05) is 17.7 Å². The van der Waals surface area contributed by atoms with E-state index in [1.807, 2.05) is 48.7 Å². The number of benzene rings is 2. The standard InChI is InChI=1S/C24H20ClN3O3/c1-15-11-18(16(2)28(15)22-6-4-5-20(25)13-22)12-19(14-26)23(29)27-21-9-7-17(8-10-21)24(30)31-3/h4-13H,1-3H3,(H,27,29)/b19-12-. The summed E-state index contributed by atoms with van der Waals surface area (Å²) in [4.78, 5) is 24.1. The van der Waals surface area contributed by atoms with Gasteiger partial charge in [0.15, 0.2) is 0 Å². The molecule has 31 heavy (non-hydrogen) atoms. The molecule has 3 rings (SSSR count). The molecule has 0 saturated heterocycles. The quantitative estimate of drug-likeness (QED) is 0.345. The summed E-state index contributed by atoms with van der Waals surface area (Å²) in [5.41, 5.74) is 4.27. The van der Waals surface area contributed by atoms with Crippen LogP contribution in [0, 0.1) is 25.2 Å². The number of ether oxygens (including phenoxy) is 1. The number of hydrogen-bond donors (Lipinski definition) is 1. The minimum Gasteiger partial charge on any atom is -0.465 e. The number of rotatable bonds is 5. The van der Waals surface area contributed by atoms with Gasteiger partial charge in [0.1, 0.15) is 11.6 Å². The molecule has 0 radical (unpaired) electrons. The predicted molar refractivity (Wildman–Crippen MR) is 120 cm³/mol. The van der Waals surface area contributed by atoms with Crippen LogP contribution in [0.4, 0.5) is 5.69 Å². The van der Waals surface area contributed by atoms with Crippen LogP contribution in [-0.2, 0) is 9.53 Å². The molecular weight excluding hydrogens is 414 g/mol. The fourth-order valence-corrected chi connectivity index (χ4v) is 3.44. The van der Waals surface area contributed by atoms with Gasteiger partial charge in [-0.15, -0.1) is 0 Å². The summed E-state index contributed by atoms with van der Waals surface area (Å²) in [6, 6.07) is 17.5. The minimum atomic E-state index is -0.541. The average molecular weight is 434 g/mol. The second-order valence-corrected chi connectivity index (χ2v) is 7.27. The number of halogens is 1. The minimum absolute atomic E-state index is 0.0385. The smallest absolute Gasteiger partial charge is 0.337 e. The van der Waals surface area contributed by atoms with Crippen molar-refractivity contribution in [1.82, 2.24) is 4.57 Å². The van der Waals surface area contributed by atoms with Crippen LogP contribution in [0.1, 0.15) is 27.3 Å². The highest BCUT2D eigenvalue weighted by Crippen LogP contribution is 2.25. The molecule has 0 atom stereocenters. The predicted octanol–water partition coefficient (Wildman–Crippen LogP) is 5.08. The number of nitriles is 1. The Morgan fingerprint density at radius 3 is 2.45 bits per heavy atom. The lowest BCUT2D eigenvalue weighted by Crippen LogP contribution is -2.13. The zero-order valence-electron chi connectivity index (χ0n) is 17.3. The SMILES string of the molecule is COC(=O)c1ccc(NC(=O)/C(C#N)=C\c2cc(C)n(-c3cccc(Cl)c3)c2C)cc1. The van der Waals surface area contributed by atoms with Crippen LogP contribution in [0.5, 0.6) is 0 Å². The molecule has 2 aromatic carbocycles. The van der Waals surface area contributed by atoms with Crippen LogP contribution in [0.15, 0.2) is 60.2 Å². The van der Waals surface area contributed by atoms with Crippen molar-refractivity contribution in [2.75, 3.05) is 12.4 Å². The van der Waals surface area contributed by atoms with Crippen molar-refractivity contribution in [2.45, 2.75) is 13.8 Å². The maximum absolute atomic E-state index is 12.6. The number of carbonyl (C=O) groups is 2. The van der Waals surface area contributed by atoms with Gasteiger partial charge in [-0.25, -0.2) is 4.79 Å². The van der Waals surface area contributed by atoms with Crippen molar-refractivity contribution in [3.05, 3.63) is 87.7 Å². The summed E-state index contributed by atoms with van der Waals surface area (Å²) in [5.74, 6) is -1.01. The number of aryl methyl sites for hydroxylation is 1. The van der Waals surface area contributed by atoms with E-state index < -0.39 is 11.9 Å². The van der Waals surface area contributed by atoms with Gasteiger partial charge in [0.05, 0.1) is 12.7 Å². The first kappa shape index (κ1) is 21.9. The maximum Gasteiger partial charge on any atom is 0.337 e. The Balaban J connectivity index is 1.86. The zero-order chi connectivity index (χ0) is 22.5. The van der Waals surface area contributed by atoms with E-state index >= 15 is 0 Å². The Morgan fingerprint density at radius 1 is 1.13 bits per heavy atom. The van der Waals surface area contributed by atoms with E-state index in [-0.39, 0.29) is 5.57 Å². The molecule has 0 aliphatic carbocycles. The summed E-state index contributed by atoms with van der Waals surface area (Å²) >= 11 is 6.12. The second kappa shape index (κ2) is 9.33. The molecule has 1 N–H and O–H groups in total. The highest BCUT2D eigenvalue weighted by molar-refractivity contribution is 6.30. The summed E-state index contributed by atoms with van der Waals surface area (Å²) in [7, 11) is 1.30. The lowest BCUT2D eigenvalue weighted by atomic mass is 10.1. The molecule has 1 aromatic heterocycles. The molecule has 7 heteroatoms. The Hall–Kier alpha value is -3.82. The molecule has 0 saturated carbocycles. The van der Waals surface area contributed by atoms with Crippen molar-refractivity contribution < 1.29 is 14.3 Å². The monoisotopic (exact) mass is 433 g/mol. The Morgan fingerprint density at radius 2 is 1.84 bits per heavy atom. The fraction of sp³-hybridized carbons (Fsp3) is 0.125. The van der Waals surface area contributed by atoms with Crippen molar-refractivity contribution in [2.24, 2.45) is 0 Å². The number of anilines is 1. The second-order valence-electron chi connectivity index (χ2n) is 6.83. The molecule has 0 spiro atoms. The van der Waals surface area contributed by atoms with Gasteiger partial charge in [-0.05, 0) is 74.0 Å². The fourth-order valence-electron chi connectivity index (χ4n) is 3.26. The first-order valence-electron chi connectivity index (χ1n) is 9.40. The number of esters is 1. The first-order valence-corrected chi connectivity index (χ1v) is 9.78. The van der Waals surface area contributed by atoms with Gasteiger partial charge in [-0.2, -0.15) is 5.26 Å². The number of carbonyl (C=O) groups excluding carboxylic acids is 2. The first-order chi connectivity index (χ1) is 14.8. The number of aromatic nitrogens is 1. The highest BCUT2D eigenvalue weighted by atomic mass is 35.5. The molecule has 156 valence electrons. The van der Waals surface area contributed by atoms with Gasteiger partial charge < -0.3 is 14.6 Å². The summed E-state index contributed by atoms with van der Waals surface area (Å²) < 4.78 is 6.66. The van der Waals surface area contributed by atoms with Crippen molar-refractivity contribution in [1.29, 1.82) is 5.26 Å². The zero-order valence-corrected chi connectivity index (χ0v) is 18.0. The summed E-state index contributed by atoms with van der Waals surface area (Å²) in [6.07, 6.45) is 1.56. The molecule has 1 heterocycles. The third-order valence-corrected chi connectivity index (χ3v) is 5.00. The molecular formula is C24H20ClN3O3. The van der Waals surface area contributed by atoms with Crippen LogP contribution in [0.25, 0.3) is 11.8 Å². The van der Waals surface area contributed by atoms with Crippen LogP contribution in [0.3, 0.4) is 0 Å². The third-order valence-electron chi connectivity index (χ3n) is 4.77. The van der Waals surface area contributed by atoms with E-state index in [1.54, 1.807) is 24.3 Å². The highest BCUT2D eigenvalue weighted by Gasteiger charge is 2.14. The Bertz CT molecular complexity index is 1220. The molecule has 1 amide bonds. The number of hydrogen-bond acceptors (Lipinski definition) is 4. The largest absolute Gasteiger partial charge is 0.465 e. The van der Waals surface area contributed by atoms with Crippen LogP contribution < -0.4 is 5.32 Å². The molecule has 0 unspecified atom stereocenters. The molecule has 0 fully saturated rings. The third kappa shape index (κ3) is 4.85. The number of nitrogens with zero attached hydrogens (tertiary/aromatic N) is 2. The van der Waals surface area contributed by atoms with E-state index in [2.05, 4.69) is 10.1 Å². The van der Waals surface area contributed by atoms with E-state index in [4.69, 9.17) is 11.6 Å². The number of nitrogens with one attached hydrogen (secondary N) is 1. The molecule has 6 nitrogen and oxygen atoms in total. The number of methoxy groups -OCH3 is 1. The van der Waals surface area contributed by atoms with Crippen molar-refractivity contribution in [3.63, 3.8) is 0 Å². The molecule has 0 aliphatic rings. The van der Waals surface area contributed by atoms with Gasteiger partial charge in [-0.3, -0.25) is 4.79 Å². The molecule has 0 aliphatic heterocycles. The van der Waals surface area contributed by atoms with Crippen LogP contribution in [-0.4, -0.2) is 23.6 Å². The van der Waals surface area contributed by atoms with E-state index in [9.17, 15) is 14.9 Å². The van der Waals surface area contributed by atoms with Crippen molar-refractivity contribution >= 4 is 35.2 Å². The summed E-state index contributed by atoms with van der Waals surface area (Å²) in [5, 5.41) is 12.8. The van der Waals surface area contributed by atoms with Gasteiger partial charge >= 0.3 is 5.97 Å².